The highest BCUT2D eigenvalue weighted by atomic mass is 32.1. The van der Waals surface area contributed by atoms with E-state index in [4.69, 9.17) is 5.11 Å². The number of amides is 1. The fourth-order valence-electron chi connectivity index (χ4n) is 2.22. The van der Waals surface area contributed by atoms with Crippen LogP contribution < -0.4 is 5.56 Å². The summed E-state index contributed by atoms with van der Waals surface area (Å²) in [5.41, 5.74) is -0.0916. The van der Waals surface area contributed by atoms with Gasteiger partial charge in [0.05, 0.1) is 18.1 Å². The lowest BCUT2D eigenvalue weighted by atomic mass is 10.2. The number of carboxylic acids is 1. The van der Waals surface area contributed by atoms with Crippen LogP contribution >= 0.6 is 11.3 Å². The van der Waals surface area contributed by atoms with Crippen molar-refractivity contribution in [3.8, 4) is 0 Å². The molecule has 0 aliphatic rings. The van der Waals surface area contributed by atoms with Gasteiger partial charge in [-0.15, -0.1) is 11.3 Å². The van der Waals surface area contributed by atoms with Gasteiger partial charge in [-0.1, -0.05) is 0 Å². The van der Waals surface area contributed by atoms with Crippen molar-refractivity contribution in [3.05, 3.63) is 27.6 Å². The number of aliphatic carboxylic acids is 1. The van der Waals surface area contributed by atoms with Crippen LogP contribution in [0.4, 0.5) is 0 Å². The van der Waals surface area contributed by atoms with Gasteiger partial charge < -0.3 is 10.0 Å². The highest BCUT2D eigenvalue weighted by Crippen LogP contribution is 2.19. The molecule has 0 aliphatic carbocycles. The van der Waals surface area contributed by atoms with Gasteiger partial charge in [0, 0.05) is 31.4 Å². The van der Waals surface area contributed by atoms with E-state index < -0.39 is 5.97 Å². The second kappa shape index (κ2) is 7.36. The van der Waals surface area contributed by atoms with Crippen LogP contribution in [0.1, 0.15) is 24.1 Å². The summed E-state index contributed by atoms with van der Waals surface area (Å²) < 4.78 is 1.51. The molecule has 23 heavy (non-hydrogen) atoms. The van der Waals surface area contributed by atoms with E-state index in [1.807, 2.05) is 13.0 Å². The molecular weight excluding hydrogens is 318 g/mol. The van der Waals surface area contributed by atoms with Crippen LogP contribution in [0.2, 0.25) is 0 Å². The van der Waals surface area contributed by atoms with Crippen LogP contribution in [-0.2, 0) is 16.1 Å². The Bertz CT molecular complexity index is 781. The fraction of sp³-hybridized carbons (Fsp3) is 0.467. The van der Waals surface area contributed by atoms with E-state index in [-0.39, 0.29) is 30.9 Å². The molecule has 0 fully saturated rings. The summed E-state index contributed by atoms with van der Waals surface area (Å²) in [4.78, 5) is 42.1. The van der Waals surface area contributed by atoms with Crippen molar-refractivity contribution in [2.75, 3.05) is 13.6 Å². The first-order valence-electron chi connectivity index (χ1n) is 7.30. The molecule has 0 spiro atoms. The van der Waals surface area contributed by atoms with Gasteiger partial charge in [0.25, 0.3) is 5.56 Å². The molecule has 2 heterocycles. The summed E-state index contributed by atoms with van der Waals surface area (Å²) in [5, 5.41) is 9.22. The second-order valence-electron chi connectivity index (χ2n) is 5.38. The fourth-order valence-corrected chi connectivity index (χ4v) is 3.06. The molecule has 7 nitrogen and oxygen atoms in total. The third kappa shape index (κ3) is 4.38. The highest BCUT2D eigenvalue weighted by molar-refractivity contribution is 7.18. The molecule has 2 aromatic heterocycles. The molecule has 1 N–H and O–H groups in total. The van der Waals surface area contributed by atoms with Crippen LogP contribution in [0.3, 0.4) is 0 Å². The standard InChI is InChI=1S/C15H19N3O4S/c1-10-8-11-14(23-10)16-9-18(15(11)22)6-3-4-12(19)17(2)7-5-13(20)21/h8-9H,3-7H2,1-2H3,(H,20,21). The number of aromatic nitrogens is 2. The first kappa shape index (κ1) is 17.1. The number of carbonyl (C=O) groups is 2. The average Bonchev–Trinajstić information content (AvgIpc) is 2.88. The minimum Gasteiger partial charge on any atom is -0.481 e. The molecule has 0 atom stereocenters. The highest BCUT2D eigenvalue weighted by Gasteiger charge is 2.11. The van der Waals surface area contributed by atoms with Crippen molar-refractivity contribution in [2.24, 2.45) is 0 Å². The first-order chi connectivity index (χ1) is 10.9. The van der Waals surface area contributed by atoms with E-state index >= 15 is 0 Å². The van der Waals surface area contributed by atoms with Gasteiger partial charge >= 0.3 is 5.97 Å². The summed E-state index contributed by atoms with van der Waals surface area (Å²) >= 11 is 1.48. The number of hydrogen-bond donors (Lipinski definition) is 1. The minimum atomic E-state index is -0.929. The number of rotatable bonds is 7. The molecular formula is C15H19N3O4S. The number of fused-ring (bicyclic) bond motifs is 1. The summed E-state index contributed by atoms with van der Waals surface area (Å²) in [6.45, 7) is 2.53. The van der Waals surface area contributed by atoms with Gasteiger partial charge in [0.15, 0.2) is 0 Å². The molecule has 124 valence electrons. The summed E-state index contributed by atoms with van der Waals surface area (Å²) in [6.07, 6.45) is 2.22. The summed E-state index contributed by atoms with van der Waals surface area (Å²) in [6, 6.07) is 1.83. The number of thiophene rings is 1. The van der Waals surface area contributed by atoms with Gasteiger partial charge in [0.2, 0.25) is 5.91 Å². The number of aryl methyl sites for hydroxylation is 2. The summed E-state index contributed by atoms with van der Waals surface area (Å²) in [5.74, 6) is -1.05. The molecule has 8 heteroatoms. The Labute approximate surface area is 137 Å². The SMILES string of the molecule is Cc1cc2c(=O)n(CCCC(=O)N(C)CCC(=O)O)cnc2s1. The van der Waals surface area contributed by atoms with Crippen molar-refractivity contribution in [3.63, 3.8) is 0 Å². The van der Waals surface area contributed by atoms with Gasteiger partial charge in [-0.05, 0) is 19.4 Å². The quantitative estimate of drug-likeness (QED) is 0.826. The Morgan fingerprint density at radius 2 is 2.13 bits per heavy atom. The molecule has 0 aliphatic heterocycles. The molecule has 0 unspecified atom stereocenters. The molecule has 2 rings (SSSR count). The predicted octanol–water partition coefficient (Wildman–Crippen LogP) is 1.48. The van der Waals surface area contributed by atoms with Gasteiger partial charge in [-0.25, -0.2) is 4.98 Å². The average molecular weight is 337 g/mol. The van der Waals surface area contributed by atoms with E-state index in [1.165, 1.54) is 27.1 Å². The Kier molecular flexibility index (Phi) is 5.49. The lowest BCUT2D eigenvalue weighted by Gasteiger charge is -2.16. The Morgan fingerprint density at radius 1 is 1.39 bits per heavy atom. The zero-order valence-corrected chi connectivity index (χ0v) is 13.9. The normalized spacial score (nSPS) is 10.9. The monoisotopic (exact) mass is 337 g/mol. The van der Waals surface area contributed by atoms with E-state index in [0.717, 1.165) is 9.71 Å². The topological polar surface area (TPSA) is 92.5 Å². The number of nitrogens with zero attached hydrogens (tertiary/aromatic N) is 3. The van der Waals surface area contributed by atoms with Gasteiger partial charge in [0.1, 0.15) is 4.83 Å². The molecule has 0 radical (unpaired) electrons. The van der Waals surface area contributed by atoms with Crippen molar-refractivity contribution in [1.82, 2.24) is 14.5 Å². The van der Waals surface area contributed by atoms with Gasteiger partial charge in [-0.3, -0.25) is 19.0 Å². The smallest absolute Gasteiger partial charge is 0.305 e. The lowest BCUT2D eigenvalue weighted by Crippen LogP contribution is -2.29. The van der Waals surface area contributed by atoms with E-state index in [9.17, 15) is 14.4 Å². The number of carboxylic acid groups (broad SMARTS) is 1. The Morgan fingerprint density at radius 3 is 2.83 bits per heavy atom. The molecule has 2 aromatic rings. The maximum atomic E-state index is 12.3. The molecule has 1 amide bonds. The van der Waals surface area contributed by atoms with E-state index in [0.29, 0.717) is 18.4 Å². The maximum absolute atomic E-state index is 12.3. The van der Waals surface area contributed by atoms with Crippen molar-refractivity contribution in [1.29, 1.82) is 0 Å². The zero-order chi connectivity index (χ0) is 17.0. The van der Waals surface area contributed by atoms with Crippen LogP contribution in [0.15, 0.2) is 17.2 Å². The van der Waals surface area contributed by atoms with E-state index in [2.05, 4.69) is 4.98 Å². The van der Waals surface area contributed by atoms with Crippen LogP contribution in [0.5, 0.6) is 0 Å². The Hall–Kier alpha value is -2.22. The number of carbonyl (C=O) groups excluding carboxylic acids is 1. The van der Waals surface area contributed by atoms with Crippen molar-refractivity contribution < 1.29 is 14.7 Å². The number of hydrogen-bond acceptors (Lipinski definition) is 5. The second-order valence-corrected chi connectivity index (χ2v) is 6.62. The molecule has 0 bridgehead atoms. The van der Waals surface area contributed by atoms with Crippen LogP contribution in [-0.4, -0.2) is 45.0 Å². The molecule has 0 saturated carbocycles. The third-order valence-corrected chi connectivity index (χ3v) is 4.48. The van der Waals surface area contributed by atoms with Crippen LogP contribution in [0, 0.1) is 6.92 Å². The molecule has 0 aromatic carbocycles. The summed E-state index contributed by atoms with van der Waals surface area (Å²) in [7, 11) is 1.58. The molecule has 0 saturated heterocycles. The first-order valence-corrected chi connectivity index (χ1v) is 8.11. The lowest BCUT2D eigenvalue weighted by molar-refractivity contribution is -0.138. The maximum Gasteiger partial charge on any atom is 0.305 e. The predicted molar refractivity (Wildman–Crippen MR) is 87.7 cm³/mol. The van der Waals surface area contributed by atoms with Crippen molar-refractivity contribution in [2.45, 2.75) is 32.7 Å². The minimum absolute atomic E-state index is 0.0697. The Balaban J connectivity index is 1.91. The van der Waals surface area contributed by atoms with Gasteiger partial charge in [-0.2, -0.15) is 0 Å². The largest absolute Gasteiger partial charge is 0.481 e. The van der Waals surface area contributed by atoms with E-state index in [1.54, 1.807) is 7.05 Å². The third-order valence-electron chi connectivity index (χ3n) is 3.52. The van der Waals surface area contributed by atoms with Crippen LogP contribution in [0.25, 0.3) is 10.2 Å². The van der Waals surface area contributed by atoms with Crippen molar-refractivity contribution >= 4 is 33.4 Å². The zero-order valence-electron chi connectivity index (χ0n) is 13.1.